The zero-order chi connectivity index (χ0) is 20.7. The van der Waals surface area contributed by atoms with Gasteiger partial charge in [-0.3, -0.25) is 4.68 Å². The fourth-order valence-corrected chi connectivity index (χ4v) is 4.42. The lowest BCUT2D eigenvalue weighted by Gasteiger charge is -2.27. The minimum absolute atomic E-state index is 0.450. The van der Waals surface area contributed by atoms with Crippen LogP contribution in [0.4, 0.5) is 17.6 Å². The highest BCUT2D eigenvalue weighted by Gasteiger charge is 2.39. The summed E-state index contributed by atoms with van der Waals surface area (Å²) in [6.07, 6.45) is 2.95. The number of aryl methyl sites for hydroxylation is 2. The lowest BCUT2D eigenvalue weighted by atomic mass is 10.2. The van der Waals surface area contributed by atoms with Gasteiger partial charge in [0.25, 0.3) is 0 Å². The Morgan fingerprint density at radius 1 is 1.30 bits per heavy atom. The van der Waals surface area contributed by atoms with Crippen molar-refractivity contribution < 1.29 is 4.74 Å². The third-order valence-electron chi connectivity index (χ3n) is 5.87. The first-order valence-electron chi connectivity index (χ1n) is 10.6. The van der Waals surface area contributed by atoms with Crippen molar-refractivity contribution in [3.05, 3.63) is 29.6 Å². The third kappa shape index (κ3) is 3.48. The maximum Gasteiger partial charge on any atom is 0.228 e. The molecular weight excluding hydrogens is 380 g/mol. The number of nitrogens with zero attached hydrogens (tertiary/aromatic N) is 6. The summed E-state index contributed by atoms with van der Waals surface area (Å²) in [5.74, 6) is 2.26. The SMILES string of the molecule is CCOCCn1nc(C)c2nc(N3C[C@@H]4C[C@H]3CN4)nc(Nc3cc(C)ccn3)c21. The largest absolute Gasteiger partial charge is 0.380 e. The molecule has 3 aromatic rings. The van der Waals surface area contributed by atoms with E-state index in [1.54, 1.807) is 6.20 Å². The Bertz CT molecular complexity index is 1060. The summed E-state index contributed by atoms with van der Waals surface area (Å²) >= 11 is 0. The highest BCUT2D eigenvalue weighted by atomic mass is 16.5. The van der Waals surface area contributed by atoms with Gasteiger partial charge in [-0.15, -0.1) is 0 Å². The number of fused-ring (bicyclic) bond motifs is 3. The van der Waals surface area contributed by atoms with Crippen molar-refractivity contribution in [3.8, 4) is 0 Å². The molecule has 30 heavy (non-hydrogen) atoms. The van der Waals surface area contributed by atoms with Gasteiger partial charge in [0.1, 0.15) is 16.9 Å². The molecule has 0 aromatic carbocycles. The minimum atomic E-state index is 0.450. The Balaban J connectivity index is 1.59. The van der Waals surface area contributed by atoms with E-state index in [1.807, 2.05) is 30.7 Å². The number of ether oxygens (including phenoxy) is 1. The van der Waals surface area contributed by atoms with E-state index in [9.17, 15) is 0 Å². The average Bonchev–Trinajstić information content (AvgIpc) is 3.43. The van der Waals surface area contributed by atoms with E-state index in [1.165, 1.54) is 0 Å². The van der Waals surface area contributed by atoms with Crippen LogP contribution in [0.3, 0.4) is 0 Å². The second-order valence-corrected chi connectivity index (χ2v) is 8.07. The van der Waals surface area contributed by atoms with Gasteiger partial charge in [-0.25, -0.2) is 9.97 Å². The third-order valence-corrected chi connectivity index (χ3v) is 5.87. The molecule has 2 bridgehead atoms. The van der Waals surface area contributed by atoms with Crippen molar-refractivity contribution in [3.63, 3.8) is 0 Å². The van der Waals surface area contributed by atoms with Gasteiger partial charge in [0.2, 0.25) is 5.95 Å². The van der Waals surface area contributed by atoms with E-state index < -0.39 is 0 Å². The molecule has 2 saturated heterocycles. The van der Waals surface area contributed by atoms with Crippen molar-refractivity contribution in [1.29, 1.82) is 0 Å². The van der Waals surface area contributed by atoms with Gasteiger partial charge in [0, 0.05) is 38.0 Å². The second-order valence-electron chi connectivity index (χ2n) is 8.07. The van der Waals surface area contributed by atoms with E-state index in [4.69, 9.17) is 19.8 Å². The van der Waals surface area contributed by atoms with Gasteiger partial charge in [-0.1, -0.05) is 0 Å². The van der Waals surface area contributed by atoms with Crippen LogP contribution in [0, 0.1) is 13.8 Å². The molecule has 3 aromatic heterocycles. The Morgan fingerprint density at radius 2 is 2.20 bits per heavy atom. The first kappa shape index (κ1) is 19.2. The number of nitrogens with one attached hydrogen (secondary N) is 2. The summed E-state index contributed by atoms with van der Waals surface area (Å²) in [6, 6.07) is 4.98. The molecule has 0 aliphatic carbocycles. The van der Waals surface area contributed by atoms with Crippen LogP contribution in [0.1, 0.15) is 24.6 Å². The van der Waals surface area contributed by atoms with Gasteiger partial charge in [-0.05, 0) is 44.9 Å². The number of piperazine rings is 1. The molecule has 2 fully saturated rings. The number of rotatable bonds is 7. The van der Waals surface area contributed by atoms with Crippen LogP contribution in [0.2, 0.25) is 0 Å². The van der Waals surface area contributed by atoms with E-state index in [2.05, 4.69) is 27.4 Å². The van der Waals surface area contributed by atoms with Crippen LogP contribution in [0.15, 0.2) is 18.3 Å². The topological polar surface area (TPSA) is 93.0 Å². The molecule has 2 atom stereocenters. The molecule has 2 N–H and O–H groups in total. The van der Waals surface area contributed by atoms with Gasteiger partial charge in [0.05, 0.1) is 18.8 Å². The Labute approximate surface area is 175 Å². The lowest BCUT2D eigenvalue weighted by Crippen LogP contribution is -2.44. The van der Waals surface area contributed by atoms with Gasteiger partial charge in [-0.2, -0.15) is 10.1 Å². The Morgan fingerprint density at radius 3 is 2.93 bits per heavy atom. The van der Waals surface area contributed by atoms with Crippen molar-refractivity contribution in [2.75, 3.05) is 36.5 Å². The number of pyridine rings is 1. The standard InChI is InChI=1S/C21H28N8O/c1-4-30-8-7-29-19-18(14(3)27-29)25-21(28-12-15-10-16(28)11-23-15)26-20(19)24-17-9-13(2)5-6-22-17/h5-6,9,15-16,23H,4,7-8,10-12H2,1-3H3,(H,22,24,25,26)/t15-,16-/m0/s1. The van der Waals surface area contributed by atoms with Crippen LogP contribution in [0.25, 0.3) is 11.0 Å². The first-order valence-corrected chi connectivity index (χ1v) is 10.6. The summed E-state index contributed by atoms with van der Waals surface area (Å²) < 4.78 is 7.50. The molecule has 9 nitrogen and oxygen atoms in total. The molecule has 0 radical (unpaired) electrons. The van der Waals surface area contributed by atoms with E-state index in [0.717, 1.165) is 59.4 Å². The molecule has 5 heterocycles. The summed E-state index contributed by atoms with van der Waals surface area (Å²) in [6.45, 7) is 9.91. The maximum absolute atomic E-state index is 5.56. The van der Waals surface area contributed by atoms with Crippen LogP contribution in [-0.2, 0) is 11.3 Å². The fourth-order valence-electron chi connectivity index (χ4n) is 4.42. The highest BCUT2D eigenvalue weighted by molar-refractivity contribution is 5.90. The number of hydrogen-bond acceptors (Lipinski definition) is 8. The van der Waals surface area contributed by atoms with Gasteiger partial charge >= 0.3 is 0 Å². The molecule has 0 saturated carbocycles. The number of hydrogen-bond donors (Lipinski definition) is 2. The zero-order valence-electron chi connectivity index (χ0n) is 17.7. The predicted molar refractivity (Wildman–Crippen MR) is 116 cm³/mol. The molecule has 9 heteroatoms. The smallest absolute Gasteiger partial charge is 0.228 e. The van der Waals surface area contributed by atoms with Crippen LogP contribution < -0.4 is 15.5 Å². The van der Waals surface area contributed by atoms with E-state index >= 15 is 0 Å². The molecule has 0 amide bonds. The fraction of sp³-hybridized carbons (Fsp3) is 0.524. The molecular formula is C21H28N8O. The summed E-state index contributed by atoms with van der Waals surface area (Å²) in [7, 11) is 0. The molecule has 0 unspecified atom stereocenters. The van der Waals surface area contributed by atoms with E-state index in [0.29, 0.717) is 31.8 Å². The molecule has 5 rings (SSSR count). The number of aromatic nitrogens is 5. The van der Waals surface area contributed by atoms with Crippen molar-refractivity contribution in [1.82, 2.24) is 30.0 Å². The van der Waals surface area contributed by atoms with Crippen LogP contribution in [0.5, 0.6) is 0 Å². The monoisotopic (exact) mass is 408 g/mol. The average molecular weight is 409 g/mol. The van der Waals surface area contributed by atoms with Crippen LogP contribution in [-0.4, -0.2) is 63.1 Å². The molecule has 2 aliphatic rings. The quantitative estimate of drug-likeness (QED) is 0.575. The minimum Gasteiger partial charge on any atom is -0.380 e. The second kappa shape index (κ2) is 7.81. The Kier molecular flexibility index (Phi) is 5.00. The first-order chi connectivity index (χ1) is 14.6. The molecule has 158 valence electrons. The Hall–Kier alpha value is -2.78. The predicted octanol–water partition coefficient (Wildman–Crippen LogP) is 2.17. The summed E-state index contributed by atoms with van der Waals surface area (Å²) in [5, 5.41) is 11.7. The summed E-state index contributed by atoms with van der Waals surface area (Å²) in [4.78, 5) is 16.7. The van der Waals surface area contributed by atoms with Crippen molar-refractivity contribution >= 4 is 28.6 Å². The van der Waals surface area contributed by atoms with Gasteiger partial charge in [0.15, 0.2) is 5.82 Å². The maximum atomic E-state index is 5.56. The molecule has 2 aliphatic heterocycles. The van der Waals surface area contributed by atoms with Gasteiger partial charge < -0.3 is 20.3 Å². The van der Waals surface area contributed by atoms with Crippen molar-refractivity contribution in [2.45, 2.75) is 45.8 Å². The molecule has 0 spiro atoms. The lowest BCUT2D eigenvalue weighted by molar-refractivity contribution is 0.137. The highest BCUT2D eigenvalue weighted by Crippen LogP contribution is 2.32. The normalized spacial score (nSPS) is 20.4. The van der Waals surface area contributed by atoms with Crippen molar-refractivity contribution in [2.24, 2.45) is 0 Å². The van der Waals surface area contributed by atoms with Crippen LogP contribution >= 0.6 is 0 Å². The number of anilines is 3. The summed E-state index contributed by atoms with van der Waals surface area (Å²) in [5.41, 5.74) is 3.80. The van der Waals surface area contributed by atoms with E-state index in [-0.39, 0.29) is 0 Å². The zero-order valence-corrected chi connectivity index (χ0v) is 17.7.